The lowest BCUT2D eigenvalue weighted by Crippen LogP contribution is -2.20. The number of carbonyl (C=O) groups is 1. The predicted molar refractivity (Wildman–Crippen MR) is 102 cm³/mol. The van der Waals surface area contributed by atoms with Crippen molar-refractivity contribution in [2.24, 2.45) is 0 Å². The van der Waals surface area contributed by atoms with Crippen LogP contribution in [0, 0.1) is 0 Å². The second kappa shape index (κ2) is 8.18. The van der Waals surface area contributed by atoms with Gasteiger partial charge in [-0.15, -0.1) is 0 Å². The number of methoxy groups -OCH3 is 2. The molecule has 27 heavy (non-hydrogen) atoms. The summed E-state index contributed by atoms with van der Waals surface area (Å²) in [5, 5.41) is 2.72. The zero-order valence-corrected chi connectivity index (χ0v) is 15.0. The zero-order chi connectivity index (χ0) is 19.2. The molecule has 138 valence electrons. The molecule has 0 saturated heterocycles. The second-order valence-electron chi connectivity index (χ2n) is 5.76. The first-order chi connectivity index (χ1) is 13.1. The number of para-hydroxylation sites is 2. The summed E-state index contributed by atoms with van der Waals surface area (Å²) < 4.78 is 10.3. The van der Waals surface area contributed by atoms with Crippen molar-refractivity contribution in [2.45, 2.75) is 6.42 Å². The molecule has 7 heteroatoms. The first-order valence-electron chi connectivity index (χ1n) is 8.26. The number of nitrogens with one attached hydrogen (secondary N) is 2. The van der Waals surface area contributed by atoms with Gasteiger partial charge in [0.25, 0.3) is 11.5 Å². The highest BCUT2D eigenvalue weighted by molar-refractivity contribution is 6.03. The molecule has 0 radical (unpaired) electrons. The van der Waals surface area contributed by atoms with Crippen LogP contribution in [0.25, 0.3) is 0 Å². The molecular weight excluding hydrogens is 346 g/mol. The molecule has 7 nitrogen and oxygen atoms in total. The van der Waals surface area contributed by atoms with Crippen molar-refractivity contribution in [3.8, 4) is 11.5 Å². The molecule has 1 heterocycles. The fourth-order valence-electron chi connectivity index (χ4n) is 2.58. The Morgan fingerprint density at radius 3 is 2.52 bits per heavy atom. The summed E-state index contributed by atoms with van der Waals surface area (Å²) >= 11 is 0. The van der Waals surface area contributed by atoms with Gasteiger partial charge in [-0.3, -0.25) is 9.59 Å². The number of anilines is 1. The average molecular weight is 365 g/mol. The van der Waals surface area contributed by atoms with Crippen molar-refractivity contribution in [3.05, 3.63) is 82.0 Å². The Morgan fingerprint density at radius 2 is 1.81 bits per heavy atom. The van der Waals surface area contributed by atoms with Gasteiger partial charge in [-0.1, -0.05) is 24.3 Å². The van der Waals surface area contributed by atoms with Crippen LogP contribution in [0.5, 0.6) is 11.5 Å². The number of amides is 1. The van der Waals surface area contributed by atoms with Gasteiger partial charge in [0.2, 0.25) is 0 Å². The predicted octanol–water partition coefficient (Wildman–Crippen LogP) is 2.63. The van der Waals surface area contributed by atoms with E-state index in [1.54, 1.807) is 31.4 Å². The second-order valence-corrected chi connectivity index (χ2v) is 5.76. The van der Waals surface area contributed by atoms with E-state index < -0.39 is 11.5 Å². The molecule has 0 spiro atoms. The number of aromatic amines is 1. The van der Waals surface area contributed by atoms with Crippen LogP contribution >= 0.6 is 0 Å². The maximum absolute atomic E-state index is 12.5. The van der Waals surface area contributed by atoms with Crippen LogP contribution in [0.4, 0.5) is 5.69 Å². The maximum atomic E-state index is 12.5. The lowest BCUT2D eigenvalue weighted by atomic mass is 10.1. The molecule has 2 N–H and O–H groups in total. The molecule has 0 unspecified atom stereocenters. The van der Waals surface area contributed by atoms with Crippen LogP contribution in [0.2, 0.25) is 0 Å². The van der Waals surface area contributed by atoms with Crippen LogP contribution in [0.15, 0.2) is 59.4 Å². The summed E-state index contributed by atoms with van der Waals surface area (Å²) in [4.78, 5) is 31.4. The van der Waals surface area contributed by atoms with Crippen molar-refractivity contribution < 1.29 is 14.3 Å². The largest absolute Gasteiger partial charge is 0.497 e. The molecule has 0 fully saturated rings. The van der Waals surface area contributed by atoms with E-state index in [0.29, 0.717) is 23.7 Å². The molecule has 0 atom stereocenters. The summed E-state index contributed by atoms with van der Waals surface area (Å²) in [6.45, 7) is 0. The van der Waals surface area contributed by atoms with Gasteiger partial charge in [0, 0.05) is 12.5 Å². The number of rotatable bonds is 6. The van der Waals surface area contributed by atoms with Crippen molar-refractivity contribution in [2.75, 3.05) is 19.5 Å². The van der Waals surface area contributed by atoms with E-state index in [0.717, 1.165) is 11.3 Å². The number of hydrogen-bond donors (Lipinski definition) is 2. The summed E-state index contributed by atoms with van der Waals surface area (Å²) in [5.74, 6) is 1.18. The summed E-state index contributed by atoms with van der Waals surface area (Å²) in [6.07, 6.45) is 0.384. The first kappa shape index (κ1) is 18.2. The molecule has 0 saturated carbocycles. The van der Waals surface area contributed by atoms with Crippen molar-refractivity contribution in [1.82, 2.24) is 9.97 Å². The minimum absolute atomic E-state index is 0.0353. The van der Waals surface area contributed by atoms with Crippen molar-refractivity contribution in [3.63, 3.8) is 0 Å². The topological polar surface area (TPSA) is 93.3 Å². The molecule has 0 aliphatic heterocycles. The van der Waals surface area contributed by atoms with Gasteiger partial charge in [-0.05, 0) is 29.8 Å². The normalized spacial score (nSPS) is 10.3. The number of hydrogen-bond acceptors (Lipinski definition) is 5. The molecule has 3 aromatic rings. The van der Waals surface area contributed by atoms with Gasteiger partial charge in [-0.25, -0.2) is 4.98 Å². The van der Waals surface area contributed by atoms with E-state index in [2.05, 4.69) is 15.3 Å². The first-order valence-corrected chi connectivity index (χ1v) is 8.26. The van der Waals surface area contributed by atoms with E-state index >= 15 is 0 Å². The summed E-state index contributed by atoms with van der Waals surface area (Å²) in [7, 11) is 3.11. The van der Waals surface area contributed by atoms with E-state index in [9.17, 15) is 9.59 Å². The Bertz CT molecular complexity index is 997. The number of carbonyl (C=O) groups excluding carboxylic acids is 1. The van der Waals surface area contributed by atoms with Gasteiger partial charge in [-0.2, -0.15) is 0 Å². The minimum atomic E-state index is -0.485. The van der Waals surface area contributed by atoms with Crippen molar-refractivity contribution in [1.29, 1.82) is 0 Å². The van der Waals surface area contributed by atoms with Gasteiger partial charge in [0.1, 0.15) is 23.0 Å². The lowest BCUT2D eigenvalue weighted by Gasteiger charge is -2.10. The standard InChI is InChI=1S/C20H19N3O4/c1-26-14-9-7-13(8-10-14)11-18-21-16(12-19(24)23-18)20(25)22-15-5-3-4-6-17(15)27-2/h3-10,12H,11H2,1-2H3,(H,22,25)(H,21,23,24). The molecule has 2 aromatic carbocycles. The molecular formula is C20H19N3O4. The fraction of sp³-hybridized carbons (Fsp3) is 0.150. The summed E-state index contributed by atoms with van der Waals surface area (Å²) in [6, 6.07) is 15.6. The van der Waals surface area contributed by atoms with E-state index in [4.69, 9.17) is 9.47 Å². The van der Waals surface area contributed by atoms with Gasteiger partial charge in [0.15, 0.2) is 0 Å². The number of H-pyrrole nitrogens is 1. The lowest BCUT2D eigenvalue weighted by molar-refractivity contribution is 0.102. The van der Waals surface area contributed by atoms with Crippen LogP contribution in [0.3, 0.4) is 0 Å². The molecule has 0 bridgehead atoms. The number of ether oxygens (including phenoxy) is 2. The Hall–Kier alpha value is -3.61. The smallest absolute Gasteiger partial charge is 0.274 e. The molecule has 1 amide bonds. The number of nitrogens with zero attached hydrogens (tertiary/aromatic N) is 1. The van der Waals surface area contributed by atoms with Crippen LogP contribution in [-0.4, -0.2) is 30.1 Å². The third kappa shape index (κ3) is 4.52. The maximum Gasteiger partial charge on any atom is 0.274 e. The number of aromatic nitrogens is 2. The molecule has 0 aliphatic rings. The molecule has 3 rings (SSSR count). The Morgan fingerprint density at radius 1 is 1.07 bits per heavy atom. The summed E-state index contributed by atoms with van der Waals surface area (Å²) in [5.41, 5.74) is 1.08. The van der Waals surface area contributed by atoms with Crippen LogP contribution < -0.4 is 20.3 Å². The minimum Gasteiger partial charge on any atom is -0.497 e. The van der Waals surface area contributed by atoms with E-state index in [1.807, 2.05) is 24.3 Å². The highest BCUT2D eigenvalue weighted by atomic mass is 16.5. The van der Waals surface area contributed by atoms with Crippen LogP contribution in [0.1, 0.15) is 21.9 Å². The third-order valence-electron chi connectivity index (χ3n) is 3.91. The quantitative estimate of drug-likeness (QED) is 0.700. The average Bonchev–Trinajstić information content (AvgIpc) is 2.68. The van der Waals surface area contributed by atoms with Gasteiger partial charge < -0.3 is 19.8 Å². The Kier molecular flexibility index (Phi) is 5.51. The highest BCUT2D eigenvalue weighted by Gasteiger charge is 2.13. The van der Waals surface area contributed by atoms with E-state index in [-0.39, 0.29) is 5.69 Å². The molecule has 1 aromatic heterocycles. The van der Waals surface area contributed by atoms with E-state index in [1.165, 1.54) is 13.2 Å². The zero-order valence-electron chi connectivity index (χ0n) is 15.0. The van der Waals surface area contributed by atoms with Crippen molar-refractivity contribution >= 4 is 11.6 Å². The fourth-order valence-corrected chi connectivity index (χ4v) is 2.58. The molecule has 0 aliphatic carbocycles. The Labute approximate surface area is 156 Å². The SMILES string of the molecule is COc1ccc(Cc2nc(C(=O)Nc3ccccc3OC)cc(=O)[nH]2)cc1. The van der Waals surface area contributed by atoms with Gasteiger partial charge in [0.05, 0.1) is 19.9 Å². The third-order valence-corrected chi connectivity index (χ3v) is 3.91. The monoisotopic (exact) mass is 365 g/mol. The van der Waals surface area contributed by atoms with Crippen LogP contribution in [-0.2, 0) is 6.42 Å². The Balaban J connectivity index is 1.81. The highest BCUT2D eigenvalue weighted by Crippen LogP contribution is 2.23. The number of benzene rings is 2. The van der Waals surface area contributed by atoms with Gasteiger partial charge >= 0.3 is 0 Å².